The summed E-state index contributed by atoms with van der Waals surface area (Å²) >= 11 is 0. The first-order valence-electron chi connectivity index (χ1n) is 10.6. The number of likely N-dealkylation sites (tertiary alicyclic amines) is 1. The number of anilines is 1. The lowest BCUT2D eigenvalue weighted by Gasteiger charge is -2.28. The Morgan fingerprint density at radius 1 is 1.10 bits per heavy atom. The summed E-state index contributed by atoms with van der Waals surface area (Å²) in [7, 11) is 1.67. The van der Waals surface area contributed by atoms with E-state index < -0.39 is 0 Å². The van der Waals surface area contributed by atoms with Gasteiger partial charge in [-0.1, -0.05) is 12.1 Å². The van der Waals surface area contributed by atoms with Gasteiger partial charge in [0, 0.05) is 31.3 Å². The summed E-state index contributed by atoms with van der Waals surface area (Å²) in [4.78, 5) is 28.8. The van der Waals surface area contributed by atoms with E-state index in [0.717, 1.165) is 42.1 Å². The minimum absolute atomic E-state index is 0.0395. The number of rotatable bonds is 6. The molecule has 30 heavy (non-hydrogen) atoms. The third-order valence-corrected chi connectivity index (χ3v) is 6.13. The van der Waals surface area contributed by atoms with Crippen molar-refractivity contribution in [2.24, 2.45) is 0 Å². The summed E-state index contributed by atoms with van der Waals surface area (Å²) in [6, 6.07) is 13.8. The molecule has 2 heterocycles. The quantitative estimate of drug-likeness (QED) is 0.799. The van der Waals surface area contributed by atoms with Gasteiger partial charge >= 0.3 is 0 Å². The largest absolute Gasteiger partial charge is 0.497 e. The minimum atomic E-state index is -0.0776. The lowest BCUT2D eigenvalue weighted by atomic mass is 10.0. The van der Waals surface area contributed by atoms with E-state index in [2.05, 4.69) is 22.3 Å². The van der Waals surface area contributed by atoms with Gasteiger partial charge in [-0.2, -0.15) is 0 Å². The second-order valence-electron chi connectivity index (χ2n) is 8.01. The Morgan fingerprint density at radius 3 is 2.63 bits per heavy atom. The second kappa shape index (κ2) is 8.88. The Balaban J connectivity index is 1.48. The maximum Gasteiger partial charge on any atom is 0.251 e. The Kier molecular flexibility index (Phi) is 6.04. The lowest BCUT2D eigenvalue weighted by molar-refractivity contribution is -0.116. The van der Waals surface area contributed by atoms with E-state index in [1.165, 1.54) is 12.8 Å². The van der Waals surface area contributed by atoms with E-state index in [-0.39, 0.29) is 17.9 Å². The van der Waals surface area contributed by atoms with Gasteiger partial charge < -0.3 is 15.0 Å². The summed E-state index contributed by atoms with van der Waals surface area (Å²) in [6.45, 7) is 4.88. The molecule has 2 aromatic rings. The molecule has 1 fully saturated rings. The first-order chi connectivity index (χ1) is 14.6. The second-order valence-corrected chi connectivity index (χ2v) is 8.01. The van der Waals surface area contributed by atoms with Crippen LogP contribution in [-0.4, -0.2) is 50.0 Å². The molecule has 1 atom stereocenters. The molecule has 1 N–H and O–H groups in total. The van der Waals surface area contributed by atoms with Crippen LogP contribution in [-0.2, 0) is 11.2 Å². The van der Waals surface area contributed by atoms with Crippen molar-refractivity contribution in [3.8, 4) is 5.75 Å². The molecule has 2 aliphatic heterocycles. The molecule has 4 rings (SSSR count). The van der Waals surface area contributed by atoms with Crippen molar-refractivity contribution in [1.82, 2.24) is 10.2 Å². The van der Waals surface area contributed by atoms with Gasteiger partial charge in [-0.15, -0.1) is 0 Å². The summed E-state index contributed by atoms with van der Waals surface area (Å²) in [5, 5.41) is 3.14. The molecule has 2 amide bonds. The predicted octanol–water partition coefficient (Wildman–Crippen LogP) is 3.17. The Morgan fingerprint density at radius 2 is 1.90 bits per heavy atom. The van der Waals surface area contributed by atoms with Crippen LogP contribution in [0.25, 0.3) is 0 Å². The first-order valence-corrected chi connectivity index (χ1v) is 10.6. The van der Waals surface area contributed by atoms with Crippen molar-refractivity contribution in [3.05, 3.63) is 59.2 Å². The zero-order chi connectivity index (χ0) is 21.1. The van der Waals surface area contributed by atoms with Crippen LogP contribution in [0.2, 0.25) is 0 Å². The van der Waals surface area contributed by atoms with Crippen LogP contribution in [0.15, 0.2) is 42.5 Å². The number of methoxy groups -OCH3 is 1. The van der Waals surface area contributed by atoms with Gasteiger partial charge in [-0.25, -0.2) is 0 Å². The fourth-order valence-corrected chi connectivity index (χ4v) is 4.52. The molecule has 0 aromatic heterocycles. The number of hydrogen-bond acceptors (Lipinski definition) is 4. The fraction of sp³-hybridized carbons (Fsp3) is 0.417. The number of nitrogens with zero attached hydrogens (tertiary/aromatic N) is 2. The van der Waals surface area contributed by atoms with Gasteiger partial charge in [0.05, 0.1) is 13.2 Å². The number of carbonyl (C=O) groups excluding carboxylic acids is 2. The molecule has 158 valence electrons. The van der Waals surface area contributed by atoms with E-state index in [4.69, 9.17) is 4.74 Å². The van der Waals surface area contributed by atoms with Crippen LogP contribution in [0.5, 0.6) is 5.75 Å². The SMILES string of the molecule is COc1cccc([C@H](CNC(=O)c2ccc3c(c2)CCN3C(C)=O)N2CCCC2)c1. The third-order valence-electron chi connectivity index (χ3n) is 6.13. The molecule has 0 bridgehead atoms. The van der Waals surface area contributed by atoms with Gasteiger partial charge in [0.25, 0.3) is 5.91 Å². The van der Waals surface area contributed by atoms with Crippen molar-refractivity contribution in [3.63, 3.8) is 0 Å². The average Bonchev–Trinajstić information content (AvgIpc) is 3.43. The van der Waals surface area contributed by atoms with Crippen molar-refractivity contribution < 1.29 is 14.3 Å². The van der Waals surface area contributed by atoms with Gasteiger partial charge in [-0.05, 0) is 73.8 Å². The highest BCUT2D eigenvalue weighted by Crippen LogP contribution is 2.30. The van der Waals surface area contributed by atoms with Crippen molar-refractivity contribution in [2.75, 3.05) is 38.2 Å². The number of fused-ring (bicyclic) bond motifs is 1. The van der Waals surface area contributed by atoms with Crippen LogP contribution in [0, 0.1) is 0 Å². The van der Waals surface area contributed by atoms with Crippen LogP contribution in [0.1, 0.15) is 47.3 Å². The maximum absolute atomic E-state index is 12.9. The number of carbonyl (C=O) groups is 2. The topological polar surface area (TPSA) is 61.9 Å². The average molecular weight is 408 g/mol. The molecule has 0 saturated carbocycles. The van der Waals surface area contributed by atoms with Crippen molar-refractivity contribution in [2.45, 2.75) is 32.2 Å². The van der Waals surface area contributed by atoms with Crippen LogP contribution >= 0.6 is 0 Å². The highest BCUT2D eigenvalue weighted by atomic mass is 16.5. The zero-order valence-corrected chi connectivity index (χ0v) is 17.7. The van der Waals surface area contributed by atoms with E-state index >= 15 is 0 Å². The van der Waals surface area contributed by atoms with Crippen LogP contribution in [0.4, 0.5) is 5.69 Å². The normalized spacial score (nSPS) is 16.9. The molecule has 6 heteroatoms. The summed E-state index contributed by atoms with van der Waals surface area (Å²) < 4.78 is 5.40. The summed E-state index contributed by atoms with van der Waals surface area (Å²) in [5.74, 6) is 0.792. The minimum Gasteiger partial charge on any atom is -0.497 e. The summed E-state index contributed by atoms with van der Waals surface area (Å²) in [5.41, 5.74) is 3.78. The molecule has 2 aliphatic rings. The third kappa shape index (κ3) is 4.19. The standard InChI is InChI=1S/C24H29N3O3/c1-17(28)27-13-10-19-14-20(8-9-22(19)27)24(29)25-16-23(26-11-3-4-12-26)18-6-5-7-21(15-18)30-2/h5-9,14-15,23H,3-4,10-13,16H2,1-2H3,(H,25,29)/t23-/m0/s1. The van der Waals surface area contributed by atoms with Crippen LogP contribution in [0.3, 0.4) is 0 Å². The fourth-order valence-electron chi connectivity index (χ4n) is 4.52. The summed E-state index contributed by atoms with van der Waals surface area (Å²) in [6.07, 6.45) is 3.16. The molecular formula is C24H29N3O3. The van der Waals surface area contributed by atoms with Crippen LogP contribution < -0.4 is 15.0 Å². The number of amides is 2. The monoisotopic (exact) mass is 407 g/mol. The number of ether oxygens (including phenoxy) is 1. The molecule has 0 unspecified atom stereocenters. The molecule has 0 radical (unpaired) electrons. The Hall–Kier alpha value is -2.86. The van der Waals surface area contributed by atoms with E-state index in [9.17, 15) is 9.59 Å². The van der Waals surface area contributed by atoms with Crippen molar-refractivity contribution >= 4 is 17.5 Å². The number of nitrogens with one attached hydrogen (secondary N) is 1. The smallest absolute Gasteiger partial charge is 0.251 e. The highest BCUT2D eigenvalue weighted by Gasteiger charge is 2.26. The van der Waals surface area contributed by atoms with Gasteiger partial charge in [0.2, 0.25) is 5.91 Å². The Labute approximate surface area is 177 Å². The molecule has 0 aliphatic carbocycles. The van der Waals surface area contributed by atoms with Gasteiger partial charge in [0.1, 0.15) is 5.75 Å². The predicted molar refractivity (Wildman–Crippen MR) is 117 cm³/mol. The van der Waals surface area contributed by atoms with Crippen molar-refractivity contribution in [1.29, 1.82) is 0 Å². The molecule has 1 saturated heterocycles. The van der Waals surface area contributed by atoms with Gasteiger partial charge in [-0.3, -0.25) is 14.5 Å². The zero-order valence-electron chi connectivity index (χ0n) is 17.7. The molecular weight excluding hydrogens is 378 g/mol. The van der Waals surface area contributed by atoms with E-state index in [1.54, 1.807) is 18.9 Å². The Bertz CT molecular complexity index is 937. The van der Waals surface area contributed by atoms with E-state index in [0.29, 0.717) is 18.7 Å². The molecule has 0 spiro atoms. The molecule has 2 aromatic carbocycles. The molecule has 6 nitrogen and oxygen atoms in total. The number of hydrogen-bond donors (Lipinski definition) is 1. The van der Waals surface area contributed by atoms with Gasteiger partial charge in [0.15, 0.2) is 0 Å². The van der Waals surface area contributed by atoms with E-state index in [1.807, 2.05) is 30.3 Å². The maximum atomic E-state index is 12.9. The highest BCUT2D eigenvalue weighted by molar-refractivity contribution is 5.97. The first kappa shape index (κ1) is 20.4. The number of benzene rings is 2. The lowest BCUT2D eigenvalue weighted by Crippen LogP contribution is -2.36.